The van der Waals surface area contributed by atoms with Crippen molar-refractivity contribution in [3.8, 4) is 0 Å². The van der Waals surface area contributed by atoms with Gasteiger partial charge in [0, 0.05) is 31.0 Å². The molecule has 0 bridgehead atoms. The number of aromatic nitrogens is 2. The molecule has 0 unspecified atom stereocenters. The molecule has 2 heterocycles. The number of benzene rings is 1. The first kappa shape index (κ1) is 20.3. The van der Waals surface area contributed by atoms with E-state index in [4.69, 9.17) is 11.6 Å². The SMILES string of the molecule is CC(C)N(C)S(=O)(=O)c1ccc(NCc2cc(=O)n3cc(Cl)ccc3n2)cc1. The lowest BCUT2D eigenvalue weighted by Gasteiger charge is -2.21. The lowest BCUT2D eigenvalue weighted by Crippen LogP contribution is -2.33. The van der Waals surface area contributed by atoms with Crippen LogP contribution in [-0.2, 0) is 16.6 Å². The third-order valence-corrected chi connectivity index (χ3v) is 6.68. The molecule has 0 spiro atoms. The molecular weight excluding hydrogens is 400 g/mol. The number of anilines is 1. The van der Waals surface area contributed by atoms with Gasteiger partial charge in [0.1, 0.15) is 5.65 Å². The lowest BCUT2D eigenvalue weighted by molar-refractivity contribution is 0.410. The zero-order chi connectivity index (χ0) is 20.5. The number of nitrogens with zero attached hydrogens (tertiary/aromatic N) is 3. The number of nitrogens with one attached hydrogen (secondary N) is 1. The van der Waals surface area contributed by atoms with E-state index < -0.39 is 10.0 Å². The van der Waals surface area contributed by atoms with E-state index in [1.54, 1.807) is 43.4 Å². The summed E-state index contributed by atoms with van der Waals surface area (Å²) in [5, 5.41) is 3.61. The second-order valence-corrected chi connectivity index (χ2v) is 9.09. The van der Waals surface area contributed by atoms with Gasteiger partial charge >= 0.3 is 0 Å². The predicted molar refractivity (Wildman–Crippen MR) is 110 cm³/mol. The van der Waals surface area contributed by atoms with Crippen molar-refractivity contribution < 1.29 is 8.42 Å². The molecule has 0 aliphatic carbocycles. The molecule has 148 valence electrons. The summed E-state index contributed by atoms with van der Waals surface area (Å²) in [6, 6.07) is 11.2. The second kappa shape index (κ2) is 7.90. The molecule has 3 rings (SSSR count). The van der Waals surface area contributed by atoms with E-state index in [1.165, 1.54) is 21.0 Å². The van der Waals surface area contributed by atoms with E-state index >= 15 is 0 Å². The van der Waals surface area contributed by atoms with Gasteiger partial charge in [-0.15, -0.1) is 0 Å². The Kier molecular flexibility index (Phi) is 5.74. The van der Waals surface area contributed by atoms with Gasteiger partial charge in [-0.2, -0.15) is 4.31 Å². The first-order valence-corrected chi connectivity index (χ1v) is 10.5. The third kappa shape index (κ3) is 4.19. The van der Waals surface area contributed by atoms with E-state index in [2.05, 4.69) is 10.3 Å². The monoisotopic (exact) mass is 420 g/mol. The van der Waals surface area contributed by atoms with E-state index in [1.807, 2.05) is 13.8 Å². The standard InChI is InChI=1S/C19H21ClN4O3S/c1-13(2)23(3)28(26,27)17-7-5-15(6-8-17)21-11-16-10-19(25)24-12-14(20)4-9-18(24)22-16/h4-10,12-13,21H,11H2,1-3H3. The Balaban J connectivity index is 1.76. The fraction of sp³-hybridized carbons (Fsp3) is 0.263. The Morgan fingerprint density at radius 3 is 2.50 bits per heavy atom. The maximum Gasteiger partial charge on any atom is 0.258 e. The molecular formula is C19H21ClN4O3S. The number of hydrogen-bond acceptors (Lipinski definition) is 5. The Hall–Kier alpha value is -2.42. The van der Waals surface area contributed by atoms with Crippen LogP contribution in [0.3, 0.4) is 0 Å². The van der Waals surface area contributed by atoms with Crippen LogP contribution in [0.25, 0.3) is 5.65 Å². The average molecular weight is 421 g/mol. The smallest absolute Gasteiger partial charge is 0.258 e. The summed E-state index contributed by atoms with van der Waals surface area (Å²) in [5.41, 5.74) is 1.59. The third-order valence-electron chi connectivity index (χ3n) is 4.41. The fourth-order valence-electron chi connectivity index (χ4n) is 2.60. The van der Waals surface area contributed by atoms with Gasteiger partial charge in [-0.05, 0) is 50.2 Å². The van der Waals surface area contributed by atoms with E-state index in [-0.39, 0.29) is 16.5 Å². The molecule has 0 saturated heterocycles. The molecule has 3 aromatic rings. The van der Waals surface area contributed by atoms with Gasteiger partial charge in [-0.25, -0.2) is 13.4 Å². The van der Waals surface area contributed by atoms with E-state index in [0.717, 1.165) is 5.69 Å². The highest BCUT2D eigenvalue weighted by Gasteiger charge is 2.22. The summed E-state index contributed by atoms with van der Waals surface area (Å²) in [6.45, 7) is 3.97. The van der Waals surface area contributed by atoms with Gasteiger partial charge in [-0.3, -0.25) is 9.20 Å². The minimum absolute atomic E-state index is 0.129. The molecule has 0 radical (unpaired) electrons. The molecule has 0 fully saturated rings. The summed E-state index contributed by atoms with van der Waals surface area (Å²) in [5.74, 6) is 0. The zero-order valence-electron chi connectivity index (χ0n) is 15.8. The molecule has 2 aromatic heterocycles. The van der Waals surface area contributed by atoms with Gasteiger partial charge in [0.05, 0.1) is 22.2 Å². The Bertz CT molecular complexity index is 1160. The number of sulfonamides is 1. The molecule has 28 heavy (non-hydrogen) atoms. The minimum Gasteiger partial charge on any atom is -0.379 e. The summed E-state index contributed by atoms with van der Waals surface area (Å²) in [6.07, 6.45) is 1.52. The van der Waals surface area contributed by atoms with Crippen molar-refractivity contribution in [2.24, 2.45) is 0 Å². The Morgan fingerprint density at radius 2 is 1.86 bits per heavy atom. The van der Waals surface area contributed by atoms with Crippen LogP contribution in [0.15, 0.2) is 58.4 Å². The number of halogens is 1. The van der Waals surface area contributed by atoms with Crippen molar-refractivity contribution >= 4 is 33.0 Å². The van der Waals surface area contributed by atoms with Gasteiger partial charge < -0.3 is 5.32 Å². The normalized spacial score (nSPS) is 12.1. The Morgan fingerprint density at radius 1 is 1.18 bits per heavy atom. The van der Waals surface area contributed by atoms with Gasteiger partial charge in [0.25, 0.3) is 5.56 Å². The first-order valence-electron chi connectivity index (χ1n) is 8.68. The highest BCUT2D eigenvalue weighted by Crippen LogP contribution is 2.19. The molecule has 0 atom stereocenters. The molecule has 9 heteroatoms. The van der Waals surface area contributed by atoms with Crippen molar-refractivity contribution in [2.45, 2.75) is 31.3 Å². The van der Waals surface area contributed by atoms with E-state index in [0.29, 0.717) is 22.9 Å². The highest BCUT2D eigenvalue weighted by molar-refractivity contribution is 7.89. The van der Waals surface area contributed by atoms with Gasteiger partial charge in [0.2, 0.25) is 10.0 Å². The van der Waals surface area contributed by atoms with Crippen LogP contribution in [0, 0.1) is 0 Å². The fourth-order valence-corrected chi connectivity index (χ4v) is 4.13. The highest BCUT2D eigenvalue weighted by atomic mass is 35.5. The number of rotatable bonds is 6. The lowest BCUT2D eigenvalue weighted by atomic mass is 10.3. The van der Waals surface area contributed by atoms with Crippen LogP contribution in [0.1, 0.15) is 19.5 Å². The second-order valence-electron chi connectivity index (χ2n) is 6.65. The molecule has 7 nitrogen and oxygen atoms in total. The van der Waals surface area contributed by atoms with Crippen LogP contribution in [0.2, 0.25) is 5.02 Å². The van der Waals surface area contributed by atoms with Crippen LogP contribution < -0.4 is 10.9 Å². The molecule has 1 N–H and O–H groups in total. The molecule has 0 aliphatic rings. The van der Waals surface area contributed by atoms with Crippen LogP contribution >= 0.6 is 11.6 Å². The summed E-state index contributed by atoms with van der Waals surface area (Å²) < 4.78 is 27.7. The quantitative estimate of drug-likeness (QED) is 0.662. The summed E-state index contributed by atoms with van der Waals surface area (Å²) in [4.78, 5) is 16.9. The molecule has 1 aromatic carbocycles. The maximum absolute atomic E-state index is 12.5. The predicted octanol–water partition coefficient (Wildman–Crippen LogP) is 2.99. The van der Waals surface area contributed by atoms with Crippen LogP contribution in [0.4, 0.5) is 5.69 Å². The average Bonchev–Trinajstić information content (AvgIpc) is 2.66. The van der Waals surface area contributed by atoms with Crippen LogP contribution in [-0.4, -0.2) is 35.2 Å². The number of fused-ring (bicyclic) bond motifs is 1. The van der Waals surface area contributed by atoms with Crippen molar-refractivity contribution in [3.63, 3.8) is 0 Å². The van der Waals surface area contributed by atoms with Crippen molar-refractivity contribution in [1.29, 1.82) is 0 Å². The van der Waals surface area contributed by atoms with E-state index in [9.17, 15) is 13.2 Å². The first-order chi connectivity index (χ1) is 13.2. The minimum atomic E-state index is -3.52. The van der Waals surface area contributed by atoms with Gasteiger partial charge in [0.15, 0.2) is 0 Å². The Labute approximate surface area is 168 Å². The largest absolute Gasteiger partial charge is 0.379 e. The van der Waals surface area contributed by atoms with Crippen molar-refractivity contribution in [1.82, 2.24) is 13.7 Å². The summed E-state index contributed by atoms with van der Waals surface area (Å²) in [7, 11) is -1.96. The molecule has 0 aliphatic heterocycles. The summed E-state index contributed by atoms with van der Waals surface area (Å²) >= 11 is 5.91. The van der Waals surface area contributed by atoms with Gasteiger partial charge in [-0.1, -0.05) is 11.6 Å². The topological polar surface area (TPSA) is 83.8 Å². The maximum atomic E-state index is 12.5. The number of hydrogen-bond donors (Lipinski definition) is 1. The van der Waals surface area contributed by atoms with Crippen LogP contribution in [0.5, 0.6) is 0 Å². The molecule has 0 amide bonds. The van der Waals surface area contributed by atoms with Crippen molar-refractivity contribution in [2.75, 3.05) is 12.4 Å². The number of pyridine rings is 1. The van der Waals surface area contributed by atoms with Crippen molar-refractivity contribution in [3.05, 3.63) is 69.7 Å². The zero-order valence-corrected chi connectivity index (χ0v) is 17.3. The molecule has 0 saturated carbocycles.